The first-order chi connectivity index (χ1) is 13.0. The Hall–Kier alpha value is -3.22. The molecule has 2 aromatic rings. The quantitative estimate of drug-likeness (QED) is 0.609. The predicted octanol–water partition coefficient (Wildman–Crippen LogP) is 2.81. The third-order valence-electron chi connectivity index (χ3n) is 4.60. The molecular formula is C21H23N2O5-. The summed E-state index contributed by atoms with van der Waals surface area (Å²) in [5.41, 5.74) is 1.81. The Labute approximate surface area is 163 Å². The smallest absolute Gasteiger partial charge is 0.273 e. The van der Waals surface area contributed by atoms with Gasteiger partial charge in [0.1, 0.15) is 0 Å². The highest BCUT2D eigenvalue weighted by Gasteiger charge is 2.22. The minimum atomic E-state index is -1.30. The van der Waals surface area contributed by atoms with Gasteiger partial charge in [-0.3, -0.25) is 14.9 Å². The third-order valence-corrected chi connectivity index (χ3v) is 4.60. The van der Waals surface area contributed by atoms with Gasteiger partial charge in [-0.25, -0.2) is 0 Å². The number of carboxylic acids is 1. The van der Waals surface area contributed by atoms with Crippen molar-refractivity contribution >= 4 is 17.6 Å². The highest BCUT2D eigenvalue weighted by Crippen LogP contribution is 2.26. The number of nitrogens with zero attached hydrogens (tertiary/aromatic N) is 1. The molecule has 0 aliphatic rings. The number of aliphatic carboxylic acids is 1. The van der Waals surface area contributed by atoms with Gasteiger partial charge in [-0.1, -0.05) is 51.1 Å². The molecule has 7 nitrogen and oxygen atoms in total. The predicted molar refractivity (Wildman–Crippen MR) is 103 cm³/mol. The molecule has 1 atom stereocenters. The fourth-order valence-corrected chi connectivity index (χ4v) is 2.94. The van der Waals surface area contributed by atoms with Crippen LogP contribution in [0.3, 0.4) is 0 Å². The first-order valence-electron chi connectivity index (χ1n) is 8.86. The molecule has 0 bridgehead atoms. The van der Waals surface area contributed by atoms with E-state index in [1.165, 1.54) is 25.1 Å². The molecule has 0 radical (unpaired) electrons. The monoisotopic (exact) mass is 383 g/mol. The molecule has 2 aromatic carbocycles. The zero-order chi connectivity index (χ0) is 21.1. The van der Waals surface area contributed by atoms with Gasteiger partial charge in [-0.05, 0) is 29.5 Å². The highest BCUT2D eigenvalue weighted by atomic mass is 16.6. The lowest BCUT2D eigenvalue weighted by Crippen LogP contribution is -2.34. The summed E-state index contributed by atoms with van der Waals surface area (Å²) in [5, 5.41) is 24.9. The summed E-state index contributed by atoms with van der Waals surface area (Å²) in [7, 11) is 0. The van der Waals surface area contributed by atoms with Crippen LogP contribution in [-0.4, -0.2) is 16.8 Å². The SMILES string of the molecule is Cc1c(C(=O)N[C@H](CC(=O)[O-])c2ccc(C(C)(C)C)cc2)cccc1[N+](=O)[O-]. The van der Waals surface area contributed by atoms with Gasteiger partial charge in [-0.15, -0.1) is 0 Å². The lowest BCUT2D eigenvalue weighted by molar-refractivity contribution is -0.385. The fraction of sp³-hybridized carbons (Fsp3) is 0.333. The number of rotatable bonds is 6. The highest BCUT2D eigenvalue weighted by molar-refractivity contribution is 5.97. The van der Waals surface area contributed by atoms with Crippen LogP contribution in [0.4, 0.5) is 5.69 Å². The summed E-state index contributed by atoms with van der Waals surface area (Å²) in [6, 6.07) is 10.7. The molecule has 0 aliphatic carbocycles. The van der Waals surface area contributed by atoms with Crippen LogP contribution in [0, 0.1) is 17.0 Å². The van der Waals surface area contributed by atoms with E-state index < -0.39 is 29.3 Å². The van der Waals surface area contributed by atoms with Crippen molar-refractivity contribution in [2.75, 3.05) is 0 Å². The largest absolute Gasteiger partial charge is 0.550 e. The van der Waals surface area contributed by atoms with E-state index in [9.17, 15) is 24.8 Å². The fourth-order valence-electron chi connectivity index (χ4n) is 2.94. The summed E-state index contributed by atoms with van der Waals surface area (Å²) < 4.78 is 0. The van der Waals surface area contributed by atoms with Crippen molar-refractivity contribution in [1.82, 2.24) is 5.32 Å². The van der Waals surface area contributed by atoms with Crippen molar-refractivity contribution in [3.8, 4) is 0 Å². The van der Waals surface area contributed by atoms with Gasteiger partial charge in [0.25, 0.3) is 11.6 Å². The van der Waals surface area contributed by atoms with Gasteiger partial charge in [-0.2, -0.15) is 0 Å². The summed E-state index contributed by atoms with van der Waals surface area (Å²) in [5.74, 6) is -1.88. The average Bonchev–Trinajstić information content (AvgIpc) is 2.60. The lowest BCUT2D eigenvalue weighted by atomic mass is 9.86. The van der Waals surface area contributed by atoms with Crippen molar-refractivity contribution in [3.05, 3.63) is 74.8 Å². The van der Waals surface area contributed by atoms with Gasteiger partial charge in [0.15, 0.2) is 0 Å². The summed E-state index contributed by atoms with van der Waals surface area (Å²) in [4.78, 5) is 34.4. The zero-order valence-electron chi connectivity index (χ0n) is 16.3. The second kappa shape index (κ2) is 8.21. The van der Waals surface area contributed by atoms with Gasteiger partial charge in [0, 0.05) is 29.6 Å². The van der Waals surface area contributed by atoms with E-state index in [1.807, 2.05) is 12.1 Å². The number of nitro benzene ring substituents is 1. The Balaban J connectivity index is 2.32. The molecule has 2 rings (SSSR count). The molecule has 0 aliphatic heterocycles. The van der Waals surface area contributed by atoms with E-state index in [0.717, 1.165) is 5.56 Å². The number of benzene rings is 2. The molecule has 0 unspecified atom stereocenters. The number of nitro groups is 1. The van der Waals surface area contributed by atoms with Crippen molar-refractivity contribution in [2.45, 2.75) is 45.6 Å². The first kappa shape index (κ1) is 21.1. The maximum atomic E-state index is 12.7. The molecule has 0 spiro atoms. The summed E-state index contributed by atoms with van der Waals surface area (Å²) in [6.07, 6.45) is -0.408. The Morgan fingerprint density at radius 3 is 2.21 bits per heavy atom. The normalized spacial score (nSPS) is 12.3. The van der Waals surface area contributed by atoms with Gasteiger partial charge >= 0.3 is 0 Å². The minimum Gasteiger partial charge on any atom is -0.550 e. The Morgan fingerprint density at radius 2 is 1.71 bits per heavy atom. The number of amides is 1. The van der Waals surface area contributed by atoms with E-state index >= 15 is 0 Å². The van der Waals surface area contributed by atoms with Crippen molar-refractivity contribution in [3.63, 3.8) is 0 Å². The van der Waals surface area contributed by atoms with Crippen molar-refractivity contribution < 1.29 is 19.6 Å². The standard InChI is InChI=1S/C21H24N2O5/c1-13-16(6-5-7-18(13)23(27)28)20(26)22-17(12-19(24)25)14-8-10-15(11-9-14)21(2,3)4/h5-11,17H,12H2,1-4H3,(H,22,26)(H,24,25)/p-1/t17-/m1/s1. The number of hydrogen-bond donors (Lipinski definition) is 1. The van der Waals surface area contributed by atoms with Crippen LogP contribution in [0.1, 0.15) is 60.3 Å². The number of carboxylic acid groups (broad SMARTS) is 1. The van der Waals surface area contributed by atoms with E-state index in [2.05, 4.69) is 26.1 Å². The minimum absolute atomic E-state index is 0.0638. The molecule has 28 heavy (non-hydrogen) atoms. The number of nitrogens with one attached hydrogen (secondary N) is 1. The summed E-state index contributed by atoms with van der Waals surface area (Å²) >= 11 is 0. The van der Waals surface area contributed by atoms with Gasteiger partial charge in [0.05, 0.1) is 11.0 Å². The molecular weight excluding hydrogens is 360 g/mol. The average molecular weight is 383 g/mol. The molecule has 0 aromatic heterocycles. The number of carbonyl (C=O) groups excluding carboxylic acids is 2. The Kier molecular flexibility index (Phi) is 6.18. The molecule has 7 heteroatoms. The molecule has 0 saturated carbocycles. The molecule has 1 N–H and O–H groups in total. The maximum Gasteiger partial charge on any atom is 0.273 e. The van der Waals surface area contributed by atoms with Gasteiger partial charge in [0.2, 0.25) is 0 Å². The van der Waals surface area contributed by atoms with Gasteiger partial charge < -0.3 is 15.2 Å². The van der Waals surface area contributed by atoms with E-state index in [-0.39, 0.29) is 22.2 Å². The molecule has 0 fully saturated rings. The second-order valence-corrected chi connectivity index (χ2v) is 7.68. The molecule has 148 valence electrons. The number of carbonyl (C=O) groups is 2. The van der Waals surface area contributed by atoms with Crippen LogP contribution in [0.2, 0.25) is 0 Å². The Bertz CT molecular complexity index is 898. The topological polar surface area (TPSA) is 112 Å². The Morgan fingerprint density at radius 1 is 1.11 bits per heavy atom. The van der Waals surface area contributed by atoms with E-state index in [4.69, 9.17) is 0 Å². The second-order valence-electron chi connectivity index (χ2n) is 7.68. The zero-order valence-corrected chi connectivity index (χ0v) is 16.3. The van der Waals surface area contributed by atoms with E-state index in [0.29, 0.717) is 5.56 Å². The van der Waals surface area contributed by atoms with Crippen LogP contribution in [0.25, 0.3) is 0 Å². The maximum absolute atomic E-state index is 12.7. The van der Waals surface area contributed by atoms with E-state index in [1.54, 1.807) is 12.1 Å². The van der Waals surface area contributed by atoms with Crippen LogP contribution in [0.15, 0.2) is 42.5 Å². The van der Waals surface area contributed by atoms with Crippen LogP contribution >= 0.6 is 0 Å². The van der Waals surface area contributed by atoms with Crippen LogP contribution in [-0.2, 0) is 10.2 Å². The van der Waals surface area contributed by atoms with Crippen molar-refractivity contribution in [2.24, 2.45) is 0 Å². The molecule has 0 saturated heterocycles. The van der Waals surface area contributed by atoms with Crippen LogP contribution < -0.4 is 10.4 Å². The first-order valence-corrected chi connectivity index (χ1v) is 8.86. The molecule has 0 heterocycles. The summed E-state index contributed by atoms with van der Waals surface area (Å²) in [6.45, 7) is 7.67. The number of hydrogen-bond acceptors (Lipinski definition) is 5. The molecule has 1 amide bonds. The van der Waals surface area contributed by atoms with Crippen LogP contribution in [0.5, 0.6) is 0 Å². The third kappa shape index (κ3) is 4.94. The van der Waals surface area contributed by atoms with Crippen molar-refractivity contribution in [1.29, 1.82) is 0 Å². The lowest BCUT2D eigenvalue weighted by Gasteiger charge is -2.23.